The Morgan fingerprint density at radius 3 is 2.69 bits per heavy atom. The Labute approximate surface area is 107 Å². The number of aryl methyl sites for hydroxylation is 2. The van der Waals surface area contributed by atoms with Crippen molar-refractivity contribution in [1.82, 2.24) is 0 Å². The summed E-state index contributed by atoms with van der Waals surface area (Å²) in [5.74, 6) is 2.71. The molecule has 1 unspecified atom stereocenters. The number of hydrogen-bond acceptors (Lipinski definition) is 3. The van der Waals surface area contributed by atoms with Crippen LogP contribution in [-0.4, -0.2) is 17.3 Å². The van der Waals surface area contributed by atoms with Crippen molar-refractivity contribution in [1.29, 1.82) is 0 Å². The van der Waals surface area contributed by atoms with Gasteiger partial charge in [0.25, 0.3) is 0 Å². The van der Waals surface area contributed by atoms with Crippen LogP contribution in [0.1, 0.15) is 40.4 Å². The van der Waals surface area contributed by atoms with Gasteiger partial charge in [-0.15, -0.1) is 11.3 Å². The Morgan fingerprint density at radius 1 is 1.50 bits per heavy atom. The fourth-order valence-electron chi connectivity index (χ4n) is 1.46. The van der Waals surface area contributed by atoms with Gasteiger partial charge in [0.05, 0.1) is 5.75 Å². The number of rotatable bonds is 6. The van der Waals surface area contributed by atoms with Crippen LogP contribution in [0.3, 0.4) is 0 Å². The van der Waals surface area contributed by atoms with E-state index in [0.717, 1.165) is 16.2 Å². The molecule has 3 heteroatoms. The molecule has 0 radical (unpaired) electrons. The van der Waals surface area contributed by atoms with Crippen LogP contribution < -0.4 is 0 Å². The predicted octanol–water partition coefficient (Wildman–Crippen LogP) is 4.33. The van der Waals surface area contributed by atoms with E-state index in [9.17, 15) is 4.79 Å². The first kappa shape index (κ1) is 13.8. The summed E-state index contributed by atoms with van der Waals surface area (Å²) in [4.78, 5) is 14.3. The lowest BCUT2D eigenvalue weighted by molar-refractivity contribution is 0.102. The summed E-state index contributed by atoms with van der Waals surface area (Å²) >= 11 is 3.47. The molecule has 1 aromatic rings. The molecule has 90 valence electrons. The molecular formula is C13H20OS2. The zero-order valence-corrected chi connectivity index (χ0v) is 12.1. The van der Waals surface area contributed by atoms with E-state index in [2.05, 4.69) is 20.8 Å². The minimum atomic E-state index is 0.287. The second-order valence-electron chi connectivity index (χ2n) is 4.28. The van der Waals surface area contributed by atoms with Gasteiger partial charge < -0.3 is 0 Å². The van der Waals surface area contributed by atoms with Gasteiger partial charge >= 0.3 is 0 Å². The molecule has 0 N–H and O–H groups in total. The van der Waals surface area contributed by atoms with Gasteiger partial charge in [-0.3, -0.25) is 4.79 Å². The second kappa shape index (κ2) is 6.45. The first-order valence-corrected chi connectivity index (χ1v) is 7.69. The standard InChI is InChI=1S/C13H20OS2/c1-5-9(2)7-15-8-13(14)12-6-10(3)16-11(12)4/h6,9H,5,7-8H2,1-4H3. The molecule has 1 nitrogen and oxygen atoms in total. The summed E-state index contributed by atoms with van der Waals surface area (Å²) < 4.78 is 0. The van der Waals surface area contributed by atoms with Crippen molar-refractivity contribution in [3.05, 3.63) is 21.4 Å². The summed E-state index contributed by atoms with van der Waals surface area (Å²) in [5.41, 5.74) is 0.930. The third kappa shape index (κ3) is 3.95. The highest BCUT2D eigenvalue weighted by Crippen LogP contribution is 2.22. The number of ketones is 1. The first-order valence-electron chi connectivity index (χ1n) is 5.72. The van der Waals surface area contributed by atoms with Crippen LogP contribution in [0.2, 0.25) is 0 Å². The van der Waals surface area contributed by atoms with Crippen LogP contribution in [0, 0.1) is 19.8 Å². The van der Waals surface area contributed by atoms with Crippen LogP contribution in [0.5, 0.6) is 0 Å². The molecule has 0 saturated carbocycles. The highest BCUT2D eigenvalue weighted by atomic mass is 32.2. The van der Waals surface area contributed by atoms with Gasteiger partial charge in [-0.1, -0.05) is 20.3 Å². The van der Waals surface area contributed by atoms with Crippen molar-refractivity contribution in [3.63, 3.8) is 0 Å². The Balaban J connectivity index is 2.44. The van der Waals surface area contributed by atoms with E-state index in [1.54, 1.807) is 23.1 Å². The lowest BCUT2D eigenvalue weighted by atomic mass is 10.2. The molecule has 0 aromatic carbocycles. The molecule has 0 aliphatic carbocycles. The zero-order valence-electron chi connectivity index (χ0n) is 10.5. The Morgan fingerprint density at radius 2 is 2.19 bits per heavy atom. The number of thioether (sulfide) groups is 1. The largest absolute Gasteiger partial charge is 0.293 e. The van der Waals surface area contributed by atoms with E-state index in [1.807, 2.05) is 13.0 Å². The second-order valence-corrected chi connectivity index (χ2v) is 6.77. The third-order valence-electron chi connectivity index (χ3n) is 2.67. The Bertz CT molecular complexity index is 355. The van der Waals surface area contributed by atoms with E-state index < -0.39 is 0 Å². The lowest BCUT2D eigenvalue weighted by Gasteiger charge is -2.06. The molecule has 0 bridgehead atoms. The Kier molecular flexibility index (Phi) is 5.56. The molecule has 16 heavy (non-hydrogen) atoms. The lowest BCUT2D eigenvalue weighted by Crippen LogP contribution is -2.05. The van der Waals surface area contributed by atoms with Gasteiger partial charge in [-0.2, -0.15) is 11.8 Å². The van der Waals surface area contributed by atoms with Crippen LogP contribution in [0.15, 0.2) is 6.07 Å². The van der Waals surface area contributed by atoms with E-state index >= 15 is 0 Å². The summed E-state index contributed by atoms with van der Waals surface area (Å²) in [6.45, 7) is 8.52. The van der Waals surface area contributed by atoms with Gasteiger partial charge in [0.2, 0.25) is 0 Å². The molecule has 0 aliphatic rings. The normalized spacial score (nSPS) is 12.8. The fraction of sp³-hybridized carbons (Fsp3) is 0.615. The fourth-order valence-corrected chi connectivity index (χ4v) is 3.50. The van der Waals surface area contributed by atoms with Crippen molar-refractivity contribution in [2.24, 2.45) is 5.92 Å². The van der Waals surface area contributed by atoms with Crippen LogP contribution in [0.4, 0.5) is 0 Å². The first-order chi connectivity index (χ1) is 7.54. The van der Waals surface area contributed by atoms with E-state index in [4.69, 9.17) is 0 Å². The quantitative estimate of drug-likeness (QED) is 0.705. The van der Waals surface area contributed by atoms with Crippen molar-refractivity contribution >= 4 is 28.9 Å². The van der Waals surface area contributed by atoms with Gasteiger partial charge in [-0.05, 0) is 31.6 Å². The third-order valence-corrected chi connectivity index (χ3v) is 4.91. The van der Waals surface area contributed by atoms with Gasteiger partial charge in [0.1, 0.15) is 0 Å². The molecule has 0 amide bonds. The number of carbonyl (C=O) groups excluding carboxylic acids is 1. The number of Topliss-reactive ketones (excluding diaryl/α,β-unsaturated/α-hetero) is 1. The van der Waals surface area contributed by atoms with Crippen LogP contribution in [-0.2, 0) is 0 Å². The summed E-state index contributed by atoms with van der Waals surface area (Å²) in [6, 6.07) is 2.02. The highest BCUT2D eigenvalue weighted by molar-refractivity contribution is 7.99. The molecule has 1 atom stereocenters. The maximum absolute atomic E-state index is 11.9. The van der Waals surface area contributed by atoms with Crippen LogP contribution in [0.25, 0.3) is 0 Å². The molecule has 0 saturated heterocycles. The molecular weight excluding hydrogens is 236 g/mol. The molecule has 1 rings (SSSR count). The monoisotopic (exact) mass is 256 g/mol. The molecule has 0 spiro atoms. The van der Waals surface area contributed by atoms with Gasteiger partial charge in [0.15, 0.2) is 5.78 Å². The van der Waals surface area contributed by atoms with Crippen LogP contribution >= 0.6 is 23.1 Å². The topological polar surface area (TPSA) is 17.1 Å². The van der Waals surface area contributed by atoms with E-state index in [-0.39, 0.29) is 5.78 Å². The zero-order chi connectivity index (χ0) is 12.1. The summed E-state index contributed by atoms with van der Waals surface area (Å²) in [5, 5.41) is 0. The number of hydrogen-bond donors (Lipinski definition) is 0. The average Bonchev–Trinajstić information content (AvgIpc) is 2.57. The smallest absolute Gasteiger partial charge is 0.173 e. The summed E-state index contributed by atoms with van der Waals surface area (Å²) in [6.07, 6.45) is 1.19. The molecule has 0 fully saturated rings. The minimum Gasteiger partial charge on any atom is -0.293 e. The highest BCUT2D eigenvalue weighted by Gasteiger charge is 2.12. The van der Waals surface area contributed by atoms with Crippen molar-refractivity contribution in [3.8, 4) is 0 Å². The predicted molar refractivity (Wildman–Crippen MR) is 74.9 cm³/mol. The van der Waals surface area contributed by atoms with E-state index in [1.165, 1.54) is 11.3 Å². The molecule has 1 aromatic heterocycles. The van der Waals surface area contributed by atoms with Gasteiger partial charge in [-0.25, -0.2) is 0 Å². The SMILES string of the molecule is CCC(C)CSCC(=O)c1cc(C)sc1C. The molecule has 1 heterocycles. The van der Waals surface area contributed by atoms with Gasteiger partial charge in [0, 0.05) is 15.3 Å². The van der Waals surface area contributed by atoms with Crippen molar-refractivity contribution in [2.75, 3.05) is 11.5 Å². The van der Waals surface area contributed by atoms with Crippen molar-refractivity contribution < 1.29 is 4.79 Å². The Hall–Kier alpha value is -0.280. The maximum Gasteiger partial charge on any atom is 0.173 e. The maximum atomic E-state index is 11.9. The number of thiophene rings is 1. The van der Waals surface area contributed by atoms with E-state index in [0.29, 0.717) is 11.7 Å². The van der Waals surface area contributed by atoms with Crippen molar-refractivity contribution in [2.45, 2.75) is 34.1 Å². The molecule has 0 aliphatic heterocycles. The number of carbonyl (C=O) groups is 1. The minimum absolute atomic E-state index is 0.287. The summed E-state index contributed by atoms with van der Waals surface area (Å²) in [7, 11) is 0. The average molecular weight is 256 g/mol.